The molecule has 7 heteroatoms. The van der Waals surface area contributed by atoms with E-state index in [0.29, 0.717) is 27.2 Å². The van der Waals surface area contributed by atoms with Gasteiger partial charge in [0, 0.05) is 10.2 Å². The summed E-state index contributed by atoms with van der Waals surface area (Å²) < 4.78 is 25.0. The van der Waals surface area contributed by atoms with Gasteiger partial charge in [-0.3, -0.25) is 4.79 Å². The maximum atomic E-state index is 13.1. The number of hydrogen-bond donors (Lipinski definition) is 1. The molecule has 168 valence electrons. The molecule has 0 saturated carbocycles. The smallest absolute Gasteiger partial charge is 0.266 e. The van der Waals surface area contributed by atoms with Gasteiger partial charge in [0.1, 0.15) is 24.1 Å². The van der Waals surface area contributed by atoms with Crippen LogP contribution < -0.4 is 14.8 Å². The molecule has 3 rings (SSSR count). The predicted octanol–water partition coefficient (Wildman–Crippen LogP) is 6.34. The van der Waals surface area contributed by atoms with E-state index in [1.54, 1.807) is 30.3 Å². The first kappa shape index (κ1) is 24.0. The molecule has 0 fully saturated rings. The van der Waals surface area contributed by atoms with Gasteiger partial charge in [-0.05, 0) is 78.6 Å². The van der Waals surface area contributed by atoms with E-state index >= 15 is 0 Å². The number of nitrogens with one attached hydrogen (secondary N) is 1. The second-order valence-corrected chi connectivity index (χ2v) is 8.22. The molecule has 0 bridgehead atoms. The van der Waals surface area contributed by atoms with Gasteiger partial charge >= 0.3 is 0 Å². The van der Waals surface area contributed by atoms with Crippen molar-refractivity contribution < 1.29 is 18.7 Å². The van der Waals surface area contributed by atoms with E-state index in [1.165, 1.54) is 25.3 Å². The summed E-state index contributed by atoms with van der Waals surface area (Å²) in [4.78, 5) is 12.7. The van der Waals surface area contributed by atoms with Crippen molar-refractivity contribution in [3.63, 3.8) is 0 Å². The third-order valence-electron chi connectivity index (χ3n) is 5.02. The summed E-state index contributed by atoms with van der Waals surface area (Å²) in [5.74, 6) is 0.0654. The molecule has 1 N–H and O–H groups in total. The van der Waals surface area contributed by atoms with Crippen molar-refractivity contribution in [2.75, 3.05) is 12.4 Å². The summed E-state index contributed by atoms with van der Waals surface area (Å²) in [5.41, 5.74) is 4.09. The van der Waals surface area contributed by atoms with Gasteiger partial charge in [0.25, 0.3) is 5.91 Å². The van der Waals surface area contributed by atoms with Gasteiger partial charge in [-0.25, -0.2) is 4.39 Å². The van der Waals surface area contributed by atoms with Gasteiger partial charge < -0.3 is 14.8 Å². The second-order valence-electron chi connectivity index (χ2n) is 7.36. The van der Waals surface area contributed by atoms with Crippen molar-refractivity contribution in [3.8, 4) is 17.6 Å². The molecular formula is C26H22BrFN2O3. The van der Waals surface area contributed by atoms with E-state index in [2.05, 4.69) is 21.2 Å². The van der Waals surface area contributed by atoms with Gasteiger partial charge in [0.05, 0.1) is 7.11 Å². The highest BCUT2D eigenvalue weighted by Crippen LogP contribution is 2.35. The third-order valence-corrected chi connectivity index (χ3v) is 5.71. The first-order chi connectivity index (χ1) is 15.8. The van der Waals surface area contributed by atoms with E-state index in [4.69, 9.17) is 9.47 Å². The Labute approximate surface area is 200 Å². The summed E-state index contributed by atoms with van der Waals surface area (Å²) in [6.45, 7) is 4.16. The minimum Gasteiger partial charge on any atom is -0.493 e. The zero-order valence-corrected chi connectivity index (χ0v) is 20.0. The van der Waals surface area contributed by atoms with Crippen LogP contribution >= 0.6 is 15.9 Å². The molecule has 0 unspecified atom stereocenters. The summed E-state index contributed by atoms with van der Waals surface area (Å²) in [6, 6.07) is 16.9. The number of halogens is 2. The van der Waals surface area contributed by atoms with Gasteiger partial charge in [-0.2, -0.15) is 5.26 Å². The molecule has 0 atom stereocenters. The van der Waals surface area contributed by atoms with Crippen molar-refractivity contribution in [1.29, 1.82) is 5.26 Å². The largest absolute Gasteiger partial charge is 0.493 e. The highest BCUT2D eigenvalue weighted by Gasteiger charge is 2.14. The molecule has 33 heavy (non-hydrogen) atoms. The Morgan fingerprint density at radius 1 is 1.09 bits per heavy atom. The molecule has 0 aliphatic rings. The van der Waals surface area contributed by atoms with Crippen LogP contribution in [-0.2, 0) is 11.4 Å². The predicted molar refractivity (Wildman–Crippen MR) is 130 cm³/mol. The number of nitrogens with zero attached hydrogens (tertiary/aromatic N) is 1. The van der Waals surface area contributed by atoms with Crippen molar-refractivity contribution in [1.82, 2.24) is 0 Å². The average molecular weight is 509 g/mol. The molecule has 0 saturated heterocycles. The standard InChI is InChI=1S/C26H22BrFN2O3/c1-16-4-9-22(10-17(16)2)30-26(31)20(14-29)11-19-12-24(32-3)25(13-23(19)27)33-15-18-5-7-21(28)8-6-18/h4-13H,15H2,1-3H3,(H,30,31)/b20-11+. The Morgan fingerprint density at radius 3 is 2.45 bits per heavy atom. The summed E-state index contributed by atoms with van der Waals surface area (Å²) >= 11 is 3.47. The number of nitriles is 1. The Bertz CT molecular complexity index is 1250. The Kier molecular flexibility index (Phi) is 7.86. The third kappa shape index (κ3) is 6.21. The number of rotatable bonds is 7. The maximum Gasteiger partial charge on any atom is 0.266 e. The summed E-state index contributed by atoms with van der Waals surface area (Å²) in [7, 11) is 1.50. The summed E-state index contributed by atoms with van der Waals surface area (Å²) in [6.07, 6.45) is 1.48. The maximum absolute atomic E-state index is 13.1. The number of amides is 1. The van der Waals surface area contributed by atoms with Crippen LogP contribution in [0.15, 0.2) is 64.6 Å². The first-order valence-electron chi connectivity index (χ1n) is 10.1. The average Bonchev–Trinajstić information content (AvgIpc) is 2.80. The lowest BCUT2D eigenvalue weighted by Crippen LogP contribution is -2.13. The van der Waals surface area contributed by atoms with Crippen LogP contribution in [0.3, 0.4) is 0 Å². The van der Waals surface area contributed by atoms with Crippen LogP contribution in [0.4, 0.5) is 10.1 Å². The lowest BCUT2D eigenvalue weighted by atomic mass is 10.1. The fraction of sp³-hybridized carbons (Fsp3) is 0.154. The number of carbonyl (C=O) groups is 1. The van der Waals surface area contributed by atoms with Crippen LogP contribution in [0, 0.1) is 31.0 Å². The fourth-order valence-electron chi connectivity index (χ4n) is 3.00. The molecule has 3 aromatic carbocycles. The fourth-order valence-corrected chi connectivity index (χ4v) is 3.43. The number of methoxy groups -OCH3 is 1. The Morgan fingerprint density at radius 2 is 1.82 bits per heavy atom. The van der Waals surface area contributed by atoms with Crippen LogP contribution in [0.25, 0.3) is 6.08 Å². The lowest BCUT2D eigenvalue weighted by Gasteiger charge is -2.13. The summed E-state index contributed by atoms with van der Waals surface area (Å²) in [5, 5.41) is 12.3. The Balaban J connectivity index is 1.81. The highest BCUT2D eigenvalue weighted by molar-refractivity contribution is 9.10. The van der Waals surface area contributed by atoms with Crippen LogP contribution in [0.2, 0.25) is 0 Å². The van der Waals surface area contributed by atoms with E-state index < -0.39 is 5.91 Å². The zero-order valence-electron chi connectivity index (χ0n) is 18.4. The molecule has 0 spiro atoms. The SMILES string of the molecule is COc1cc(/C=C(\C#N)C(=O)Nc2ccc(C)c(C)c2)c(Br)cc1OCc1ccc(F)cc1. The number of carbonyl (C=O) groups excluding carboxylic acids is 1. The number of anilines is 1. The molecule has 0 aromatic heterocycles. The van der Waals surface area contributed by atoms with Crippen LogP contribution in [-0.4, -0.2) is 13.0 Å². The number of hydrogen-bond acceptors (Lipinski definition) is 4. The minimum atomic E-state index is -0.511. The first-order valence-corrected chi connectivity index (χ1v) is 10.8. The zero-order chi connectivity index (χ0) is 24.0. The molecule has 5 nitrogen and oxygen atoms in total. The minimum absolute atomic E-state index is 0.0593. The Hall–Kier alpha value is -3.63. The number of ether oxygens (including phenoxy) is 2. The van der Waals surface area contributed by atoms with Crippen molar-refractivity contribution in [2.45, 2.75) is 20.5 Å². The normalized spacial score (nSPS) is 11.0. The van der Waals surface area contributed by atoms with Gasteiger partial charge in [0.15, 0.2) is 11.5 Å². The van der Waals surface area contributed by atoms with Gasteiger partial charge in [0.2, 0.25) is 0 Å². The van der Waals surface area contributed by atoms with Gasteiger partial charge in [-0.1, -0.05) is 34.1 Å². The number of benzene rings is 3. The quantitative estimate of drug-likeness (QED) is 0.298. The van der Waals surface area contributed by atoms with Crippen molar-refractivity contribution in [2.24, 2.45) is 0 Å². The highest BCUT2D eigenvalue weighted by atomic mass is 79.9. The van der Waals surface area contributed by atoms with E-state index in [9.17, 15) is 14.4 Å². The topological polar surface area (TPSA) is 71.3 Å². The molecule has 0 radical (unpaired) electrons. The van der Waals surface area contributed by atoms with E-state index in [1.807, 2.05) is 32.0 Å². The van der Waals surface area contributed by atoms with Crippen LogP contribution in [0.5, 0.6) is 11.5 Å². The molecule has 0 heterocycles. The molecular weight excluding hydrogens is 487 g/mol. The second kappa shape index (κ2) is 10.8. The number of aryl methyl sites for hydroxylation is 2. The van der Waals surface area contributed by atoms with E-state index in [-0.39, 0.29) is 18.0 Å². The van der Waals surface area contributed by atoms with Crippen molar-refractivity contribution >= 4 is 33.6 Å². The molecule has 1 amide bonds. The van der Waals surface area contributed by atoms with Gasteiger partial charge in [-0.15, -0.1) is 0 Å². The molecule has 0 aliphatic carbocycles. The molecule has 3 aromatic rings. The van der Waals surface area contributed by atoms with E-state index in [0.717, 1.165) is 16.7 Å². The van der Waals surface area contributed by atoms with Crippen LogP contribution in [0.1, 0.15) is 22.3 Å². The monoisotopic (exact) mass is 508 g/mol. The lowest BCUT2D eigenvalue weighted by molar-refractivity contribution is -0.112. The van der Waals surface area contributed by atoms with Crippen molar-refractivity contribution in [3.05, 3.63) is 92.7 Å². The molecule has 0 aliphatic heterocycles.